The smallest absolute Gasteiger partial charge is 0.276 e. The van der Waals surface area contributed by atoms with E-state index in [-0.39, 0.29) is 5.91 Å². The Morgan fingerprint density at radius 2 is 2.19 bits per heavy atom. The van der Waals surface area contributed by atoms with Crippen LogP contribution in [0, 0.1) is 6.92 Å². The highest BCUT2D eigenvalue weighted by Gasteiger charge is 2.25. The van der Waals surface area contributed by atoms with Gasteiger partial charge in [-0.3, -0.25) is 4.79 Å². The van der Waals surface area contributed by atoms with Crippen molar-refractivity contribution in [2.75, 3.05) is 20.1 Å². The lowest BCUT2D eigenvalue weighted by Gasteiger charge is -2.13. The van der Waals surface area contributed by atoms with Crippen molar-refractivity contribution in [1.82, 2.24) is 15.4 Å². The number of nitrogens with one attached hydrogen (secondary N) is 1. The summed E-state index contributed by atoms with van der Waals surface area (Å²) in [6.45, 7) is 4.12. The fraction of sp³-hybridized carbons (Fsp3) is 0.636. The topological polar surface area (TPSA) is 58.4 Å². The number of aryl methyl sites for hydroxylation is 1. The Hall–Kier alpha value is -1.36. The highest BCUT2D eigenvalue weighted by molar-refractivity contribution is 5.94. The molecule has 0 radical (unpaired) electrons. The molecule has 0 bridgehead atoms. The molecule has 1 aromatic rings. The lowest BCUT2D eigenvalue weighted by atomic mass is 10.2. The van der Waals surface area contributed by atoms with Crippen LogP contribution in [0.3, 0.4) is 0 Å². The summed E-state index contributed by atoms with van der Waals surface area (Å²) in [5, 5.41) is 6.90. The van der Waals surface area contributed by atoms with Gasteiger partial charge in [-0.2, -0.15) is 0 Å². The minimum Gasteiger partial charge on any atom is -0.361 e. The molecule has 1 aliphatic rings. The molecule has 0 unspecified atom stereocenters. The summed E-state index contributed by atoms with van der Waals surface area (Å²) in [6, 6.07) is 0. The zero-order valence-corrected chi connectivity index (χ0v) is 9.75. The Morgan fingerprint density at radius 1 is 1.50 bits per heavy atom. The average Bonchev–Trinajstić information content (AvgIpc) is 2.89. The quantitative estimate of drug-likeness (QED) is 0.828. The van der Waals surface area contributed by atoms with E-state index in [0.717, 1.165) is 37.3 Å². The highest BCUT2D eigenvalue weighted by atomic mass is 16.5. The van der Waals surface area contributed by atoms with Crippen LogP contribution in [-0.4, -0.2) is 36.1 Å². The Balaban J connectivity index is 2.21. The molecule has 0 saturated carbocycles. The normalized spacial score (nSPS) is 15.8. The highest BCUT2D eigenvalue weighted by Crippen LogP contribution is 2.18. The molecule has 0 aliphatic carbocycles. The van der Waals surface area contributed by atoms with E-state index in [0.29, 0.717) is 12.2 Å². The second-order valence-electron chi connectivity index (χ2n) is 4.10. The van der Waals surface area contributed by atoms with Crippen molar-refractivity contribution >= 4 is 5.91 Å². The first-order chi connectivity index (χ1) is 7.74. The Morgan fingerprint density at radius 3 is 2.81 bits per heavy atom. The minimum atomic E-state index is -0.000370. The zero-order chi connectivity index (χ0) is 11.5. The minimum absolute atomic E-state index is 0.000370. The second-order valence-corrected chi connectivity index (χ2v) is 4.10. The predicted octanol–water partition coefficient (Wildman–Crippen LogP) is 0.938. The molecule has 1 aliphatic heterocycles. The van der Waals surface area contributed by atoms with Gasteiger partial charge in [-0.05, 0) is 26.8 Å². The molecular formula is C11H17N3O2. The maximum absolute atomic E-state index is 12.1. The number of hydrogen-bond acceptors (Lipinski definition) is 4. The third-order valence-electron chi connectivity index (χ3n) is 2.93. The number of carbonyl (C=O) groups excluding carboxylic acids is 1. The van der Waals surface area contributed by atoms with Gasteiger partial charge in [0.1, 0.15) is 5.76 Å². The molecule has 0 atom stereocenters. The number of rotatable bonds is 3. The van der Waals surface area contributed by atoms with Crippen LogP contribution >= 0.6 is 0 Å². The number of likely N-dealkylation sites (tertiary alicyclic amines) is 1. The van der Waals surface area contributed by atoms with Gasteiger partial charge in [0.05, 0.1) is 0 Å². The van der Waals surface area contributed by atoms with E-state index in [1.807, 2.05) is 18.9 Å². The van der Waals surface area contributed by atoms with Crippen LogP contribution in [0.1, 0.15) is 34.7 Å². The van der Waals surface area contributed by atoms with E-state index >= 15 is 0 Å². The molecule has 2 heterocycles. The van der Waals surface area contributed by atoms with Crippen LogP contribution in [0.15, 0.2) is 4.52 Å². The first kappa shape index (κ1) is 11.1. The van der Waals surface area contributed by atoms with Crippen molar-refractivity contribution in [3.63, 3.8) is 0 Å². The molecule has 1 aromatic heterocycles. The van der Waals surface area contributed by atoms with Crippen LogP contribution in [0.4, 0.5) is 0 Å². The molecule has 5 nitrogen and oxygen atoms in total. The molecule has 16 heavy (non-hydrogen) atoms. The van der Waals surface area contributed by atoms with E-state index in [2.05, 4.69) is 10.5 Å². The Kier molecular flexibility index (Phi) is 3.24. The maximum Gasteiger partial charge on any atom is 0.276 e. The monoisotopic (exact) mass is 223 g/mol. The van der Waals surface area contributed by atoms with E-state index < -0.39 is 0 Å². The van der Waals surface area contributed by atoms with Crippen molar-refractivity contribution in [3.05, 3.63) is 17.0 Å². The van der Waals surface area contributed by atoms with Gasteiger partial charge in [0.25, 0.3) is 5.91 Å². The van der Waals surface area contributed by atoms with E-state index in [4.69, 9.17) is 4.52 Å². The summed E-state index contributed by atoms with van der Waals surface area (Å²) in [6.07, 6.45) is 2.17. The summed E-state index contributed by atoms with van der Waals surface area (Å²) in [7, 11) is 1.84. The van der Waals surface area contributed by atoms with Gasteiger partial charge >= 0.3 is 0 Å². The maximum atomic E-state index is 12.1. The molecule has 1 N–H and O–H groups in total. The van der Waals surface area contributed by atoms with Crippen LogP contribution in [0.2, 0.25) is 0 Å². The van der Waals surface area contributed by atoms with Crippen molar-refractivity contribution in [2.45, 2.75) is 26.3 Å². The summed E-state index contributed by atoms with van der Waals surface area (Å²) in [4.78, 5) is 14.0. The van der Waals surface area contributed by atoms with Gasteiger partial charge in [0.15, 0.2) is 5.69 Å². The zero-order valence-electron chi connectivity index (χ0n) is 9.75. The van der Waals surface area contributed by atoms with Crippen LogP contribution in [0.25, 0.3) is 0 Å². The number of amides is 1. The molecule has 0 spiro atoms. The Labute approximate surface area is 94.8 Å². The summed E-state index contributed by atoms with van der Waals surface area (Å²) < 4.78 is 5.09. The number of nitrogens with zero attached hydrogens (tertiary/aromatic N) is 2. The fourth-order valence-corrected chi connectivity index (χ4v) is 2.01. The van der Waals surface area contributed by atoms with Gasteiger partial charge in [-0.1, -0.05) is 5.16 Å². The average molecular weight is 223 g/mol. The van der Waals surface area contributed by atoms with E-state index in [1.54, 1.807) is 0 Å². The van der Waals surface area contributed by atoms with Crippen LogP contribution in [-0.2, 0) is 6.54 Å². The lowest BCUT2D eigenvalue weighted by molar-refractivity contribution is 0.0781. The van der Waals surface area contributed by atoms with Gasteiger partial charge in [-0.25, -0.2) is 0 Å². The van der Waals surface area contributed by atoms with Gasteiger partial charge < -0.3 is 14.7 Å². The van der Waals surface area contributed by atoms with Crippen molar-refractivity contribution < 1.29 is 9.32 Å². The third kappa shape index (κ3) is 1.95. The number of aromatic nitrogens is 1. The van der Waals surface area contributed by atoms with Gasteiger partial charge in [0.2, 0.25) is 0 Å². The molecule has 2 rings (SSSR count). The van der Waals surface area contributed by atoms with Gasteiger partial charge in [0, 0.05) is 25.2 Å². The standard InChI is InChI=1S/C11H17N3O2/c1-8-9(7-12-2)10(13-16-8)11(15)14-5-3-4-6-14/h12H,3-7H2,1-2H3. The largest absolute Gasteiger partial charge is 0.361 e. The van der Waals surface area contributed by atoms with Crippen molar-refractivity contribution in [1.29, 1.82) is 0 Å². The lowest BCUT2D eigenvalue weighted by Crippen LogP contribution is -2.29. The van der Waals surface area contributed by atoms with E-state index in [9.17, 15) is 4.79 Å². The Bertz CT molecular complexity index is 381. The van der Waals surface area contributed by atoms with Crippen LogP contribution in [0.5, 0.6) is 0 Å². The summed E-state index contributed by atoms with van der Waals surface area (Å²) in [5.41, 5.74) is 1.34. The molecule has 0 aromatic carbocycles. The molecule has 1 saturated heterocycles. The van der Waals surface area contributed by atoms with Crippen molar-refractivity contribution in [2.24, 2.45) is 0 Å². The first-order valence-corrected chi connectivity index (χ1v) is 5.63. The second kappa shape index (κ2) is 4.65. The van der Waals surface area contributed by atoms with E-state index in [1.165, 1.54) is 0 Å². The molecule has 5 heteroatoms. The molecule has 1 fully saturated rings. The summed E-state index contributed by atoms with van der Waals surface area (Å²) in [5.74, 6) is 0.719. The SMILES string of the molecule is CNCc1c(C(=O)N2CCCC2)noc1C. The molecular weight excluding hydrogens is 206 g/mol. The number of carbonyl (C=O) groups is 1. The first-order valence-electron chi connectivity index (χ1n) is 5.63. The predicted molar refractivity (Wildman–Crippen MR) is 59.1 cm³/mol. The molecule has 1 amide bonds. The van der Waals surface area contributed by atoms with Crippen molar-refractivity contribution in [3.8, 4) is 0 Å². The van der Waals surface area contributed by atoms with Crippen LogP contribution < -0.4 is 5.32 Å². The van der Waals surface area contributed by atoms with Gasteiger partial charge in [-0.15, -0.1) is 0 Å². The third-order valence-corrected chi connectivity index (χ3v) is 2.93. The fourth-order valence-electron chi connectivity index (χ4n) is 2.01. The number of hydrogen-bond donors (Lipinski definition) is 1. The summed E-state index contributed by atoms with van der Waals surface area (Å²) >= 11 is 0. The molecule has 88 valence electrons.